The van der Waals surface area contributed by atoms with Crippen molar-refractivity contribution in [2.24, 2.45) is 17.3 Å². The molecule has 20 heavy (non-hydrogen) atoms. The van der Waals surface area contributed by atoms with E-state index in [9.17, 15) is 0 Å². The SMILES string of the molecule is CCCCC1CCC(CCOCC(C)C)(CNC)CC1. The van der Waals surface area contributed by atoms with Crippen LogP contribution >= 0.6 is 0 Å². The van der Waals surface area contributed by atoms with Crippen molar-refractivity contribution in [2.45, 2.75) is 72.1 Å². The Bertz CT molecular complexity index is 232. The molecule has 0 aromatic heterocycles. The molecule has 0 atom stereocenters. The van der Waals surface area contributed by atoms with Crippen LogP contribution in [0.15, 0.2) is 0 Å². The van der Waals surface area contributed by atoms with Gasteiger partial charge in [-0.25, -0.2) is 0 Å². The van der Waals surface area contributed by atoms with E-state index in [-0.39, 0.29) is 0 Å². The maximum Gasteiger partial charge on any atom is 0.0488 e. The first-order chi connectivity index (χ1) is 9.62. The van der Waals surface area contributed by atoms with E-state index in [1.165, 1.54) is 57.9 Å². The van der Waals surface area contributed by atoms with Crippen LogP contribution < -0.4 is 5.32 Å². The molecule has 0 heterocycles. The third-order valence-corrected chi connectivity index (χ3v) is 4.91. The molecule has 0 bridgehead atoms. The zero-order chi connectivity index (χ0) is 14.8. The standard InChI is InChI=1S/C18H37NO/c1-5-6-7-17-8-10-18(11-9-17,15-19-4)12-13-20-14-16(2)3/h16-17,19H,5-15H2,1-4H3. The van der Waals surface area contributed by atoms with Crippen LogP contribution in [0.3, 0.4) is 0 Å². The molecule has 0 unspecified atom stereocenters. The highest BCUT2D eigenvalue weighted by Crippen LogP contribution is 2.42. The fourth-order valence-electron chi connectivity index (χ4n) is 3.57. The largest absolute Gasteiger partial charge is 0.381 e. The number of ether oxygens (including phenoxy) is 1. The Labute approximate surface area is 127 Å². The molecule has 0 saturated heterocycles. The first-order valence-corrected chi connectivity index (χ1v) is 8.84. The third kappa shape index (κ3) is 6.58. The summed E-state index contributed by atoms with van der Waals surface area (Å²) in [6.07, 6.45) is 11.1. The molecule has 0 spiro atoms. The normalized spacial score (nSPS) is 27.1. The van der Waals surface area contributed by atoms with Crippen molar-refractivity contribution in [3.05, 3.63) is 0 Å². The lowest BCUT2D eigenvalue weighted by atomic mass is 9.68. The minimum atomic E-state index is 0.508. The molecule has 0 radical (unpaired) electrons. The van der Waals surface area contributed by atoms with Crippen molar-refractivity contribution in [1.29, 1.82) is 0 Å². The Hall–Kier alpha value is -0.0800. The van der Waals surface area contributed by atoms with E-state index in [2.05, 4.69) is 33.1 Å². The van der Waals surface area contributed by atoms with E-state index >= 15 is 0 Å². The Morgan fingerprint density at radius 1 is 1.25 bits per heavy atom. The summed E-state index contributed by atoms with van der Waals surface area (Å²) < 4.78 is 5.83. The fraction of sp³-hybridized carbons (Fsp3) is 1.00. The Kier molecular flexibility index (Phi) is 8.79. The van der Waals surface area contributed by atoms with Crippen molar-refractivity contribution in [1.82, 2.24) is 5.32 Å². The second kappa shape index (κ2) is 9.78. The Morgan fingerprint density at radius 3 is 2.50 bits per heavy atom. The molecule has 1 fully saturated rings. The number of nitrogens with one attached hydrogen (secondary N) is 1. The van der Waals surface area contributed by atoms with Gasteiger partial charge in [0.15, 0.2) is 0 Å². The Balaban J connectivity index is 2.33. The summed E-state index contributed by atoms with van der Waals surface area (Å²) in [5.74, 6) is 1.65. The van der Waals surface area contributed by atoms with Crippen LogP contribution in [0.1, 0.15) is 72.1 Å². The topological polar surface area (TPSA) is 21.3 Å². The van der Waals surface area contributed by atoms with E-state index in [1.54, 1.807) is 0 Å². The van der Waals surface area contributed by atoms with E-state index in [0.29, 0.717) is 11.3 Å². The number of hydrogen-bond donors (Lipinski definition) is 1. The molecule has 0 amide bonds. The molecule has 1 aliphatic carbocycles. The Morgan fingerprint density at radius 2 is 1.95 bits per heavy atom. The van der Waals surface area contributed by atoms with Gasteiger partial charge in [0.1, 0.15) is 0 Å². The monoisotopic (exact) mass is 283 g/mol. The lowest BCUT2D eigenvalue weighted by Crippen LogP contribution is -2.37. The van der Waals surface area contributed by atoms with Crippen LogP contribution in [0.4, 0.5) is 0 Å². The van der Waals surface area contributed by atoms with Gasteiger partial charge in [-0.1, -0.05) is 40.0 Å². The van der Waals surface area contributed by atoms with Crippen molar-refractivity contribution < 1.29 is 4.74 Å². The quantitative estimate of drug-likeness (QED) is 0.590. The second-order valence-electron chi connectivity index (χ2n) is 7.33. The molecule has 1 rings (SSSR count). The maximum atomic E-state index is 5.83. The molecule has 120 valence electrons. The highest BCUT2D eigenvalue weighted by atomic mass is 16.5. The lowest BCUT2D eigenvalue weighted by molar-refractivity contribution is 0.0516. The predicted octanol–water partition coefficient (Wildman–Crippen LogP) is 4.64. The van der Waals surface area contributed by atoms with Gasteiger partial charge in [0.2, 0.25) is 0 Å². The van der Waals surface area contributed by atoms with E-state index in [4.69, 9.17) is 4.74 Å². The smallest absolute Gasteiger partial charge is 0.0488 e. The van der Waals surface area contributed by atoms with Crippen LogP contribution in [0.5, 0.6) is 0 Å². The van der Waals surface area contributed by atoms with Gasteiger partial charge in [-0.2, -0.15) is 0 Å². The lowest BCUT2D eigenvalue weighted by Gasteiger charge is -2.40. The van der Waals surface area contributed by atoms with Crippen molar-refractivity contribution >= 4 is 0 Å². The van der Waals surface area contributed by atoms with Gasteiger partial charge >= 0.3 is 0 Å². The zero-order valence-electron chi connectivity index (χ0n) is 14.3. The van der Waals surface area contributed by atoms with Crippen LogP contribution in [-0.2, 0) is 4.74 Å². The van der Waals surface area contributed by atoms with Gasteiger partial charge in [-0.05, 0) is 56.4 Å². The van der Waals surface area contributed by atoms with Gasteiger partial charge in [0.05, 0.1) is 0 Å². The first kappa shape index (κ1) is 18.0. The van der Waals surface area contributed by atoms with E-state index in [0.717, 1.165) is 19.1 Å². The fourth-order valence-corrected chi connectivity index (χ4v) is 3.57. The summed E-state index contributed by atoms with van der Waals surface area (Å²) in [7, 11) is 2.10. The van der Waals surface area contributed by atoms with Crippen LogP contribution in [0.25, 0.3) is 0 Å². The van der Waals surface area contributed by atoms with Crippen molar-refractivity contribution in [3.8, 4) is 0 Å². The molecule has 1 saturated carbocycles. The van der Waals surface area contributed by atoms with Crippen LogP contribution in [-0.4, -0.2) is 26.8 Å². The molecule has 1 N–H and O–H groups in total. The maximum absolute atomic E-state index is 5.83. The first-order valence-electron chi connectivity index (χ1n) is 8.84. The van der Waals surface area contributed by atoms with E-state index in [1.807, 2.05) is 0 Å². The van der Waals surface area contributed by atoms with E-state index < -0.39 is 0 Å². The average molecular weight is 284 g/mol. The molecule has 2 heteroatoms. The highest BCUT2D eigenvalue weighted by Gasteiger charge is 2.34. The summed E-state index contributed by atoms with van der Waals surface area (Å²) in [4.78, 5) is 0. The summed E-state index contributed by atoms with van der Waals surface area (Å²) >= 11 is 0. The minimum Gasteiger partial charge on any atom is -0.381 e. The molecular weight excluding hydrogens is 246 g/mol. The second-order valence-corrected chi connectivity index (χ2v) is 7.33. The average Bonchev–Trinajstić information content (AvgIpc) is 2.43. The molecule has 0 aromatic carbocycles. The van der Waals surface area contributed by atoms with Gasteiger partial charge in [0.25, 0.3) is 0 Å². The van der Waals surface area contributed by atoms with Crippen molar-refractivity contribution in [2.75, 3.05) is 26.8 Å². The predicted molar refractivity (Wildman–Crippen MR) is 88.1 cm³/mol. The summed E-state index contributed by atoms with van der Waals surface area (Å²) in [6.45, 7) is 9.78. The van der Waals surface area contributed by atoms with Gasteiger partial charge < -0.3 is 10.1 Å². The summed E-state index contributed by atoms with van der Waals surface area (Å²) in [5, 5.41) is 3.43. The molecule has 2 nitrogen and oxygen atoms in total. The minimum absolute atomic E-state index is 0.508. The molecular formula is C18H37NO. The van der Waals surface area contributed by atoms with Crippen LogP contribution in [0, 0.1) is 17.3 Å². The van der Waals surface area contributed by atoms with Gasteiger partial charge in [0, 0.05) is 19.8 Å². The third-order valence-electron chi connectivity index (χ3n) is 4.91. The number of rotatable bonds is 10. The van der Waals surface area contributed by atoms with Crippen molar-refractivity contribution in [3.63, 3.8) is 0 Å². The summed E-state index contributed by atoms with van der Waals surface area (Å²) in [6, 6.07) is 0. The summed E-state index contributed by atoms with van der Waals surface area (Å²) in [5.41, 5.74) is 0.508. The van der Waals surface area contributed by atoms with Gasteiger partial charge in [-0.3, -0.25) is 0 Å². The van der Waals surface area contributed by atoms with Gasteiger partial charge in [-0.15, -0.1) is 0 Å². The van der Waals surface area contributed by atoms with Crippen LogP contribution in [0.2, 0.25) is 0 Å². The number of hydrogen-bond acceptors (Lipinski definition) is 2. The molecule has 0 aromatic rings. The zero-order valence-corrected chi connectivity index (χ0v) is 14.3. The highest BCUT2D eigenvalue weighted by molar-refractivity contribution is 4.87. The molecule has 0 aliphatic heterocycles. The number of unbranched alkanes of at least 4 members (excludes halogenated alkanes) is 1. The molecule has 1 aliphatic rings.